The van der Waals surface area contributed by atoms with E-state index in [1.165, 1.54) is 6.07 Å². The van der Waals surface area contributed by atoms with E-state index in [0.29, 0.717) is 28.8 Å². The van der Waals surface area contributed by atoms with Gasteiger partial charge >= 0.3 is 0 Å². The van der Waals surface area contributed by atoms with Crippen molar-refractivity contribution in [2.24, 2.45) is 5.73 Å². The maximum absolute atomic E-state index is 10.2. The van der Waals surface area contributed by atoms with Crippen molar-refractivity contribution in [3.63, 3.8) is 0 Å². The Labute approximate surface area is 169 Å². The van der Waals surface area contributed by atoms with Gasteiger partial charge in [0, 0.05) is 29.4 Å². The quantitative estimate of drug-likeness (QED) is 0.548. The molecule has 0 aliphatic heterocycles. The molecule has 0 saturated heterocycles. The summed E-state index contributed by atoms with van der Waals surface area (Å²) in [5.41, 5.74) is 8.30. The lowest BCUT2D eigenvalue weighted by Crippen LogP contribution is -2.28. The number of phenols is 1. The summed E-state index contributed by atoms with van der Waals surface area (Å²) < 4.78 is 5.23. The highest BCUT2D eigenvalue weighted by Gasteiger charge is 2.14. The monoisotopic (exact) mass is 398 g/mol. The van der Waals surface area contributed by atoms with Gasteiger partial charge in [-0.3, -0.25) is 0 Å². The maximum atomic E-state index is 10.2. The smallest absolute Gasteiger partial charge is 0.165 e. The number of ether oxygens (including phenoxy) is 1. The second-order valence-corrected chi connectivity index (χ2v) is 6.83. The molecule has 1 aromatic heterocycles. The lowest BCUT2D eigenvalue weighted by atomic mass is 10.1. The molecule has 0 spiro atoms. The van der Waals surface area contributed by atoms with Crippen LogP contribution in [-0.2, 0) is 0 Å². The Morgan fingerprint density at radius 2 is 1.93 bits per heavy atom. The van der Waals surface area contributed by atoms with E-state index in [4.69, 9.17) is 22.1 Å². The molecule has 4 N–H and O–H groups in total. The first-order valence-electron chi connectivity index (χ1n) is 9.01. The molecule has 6 nitrogen and oxygen atoms in total. The van der Waals surface area contributed by atoms with E-state index in [2.05, 4.69) is 15.3 Å². The number of aromatic nitrogens is 2. The van der Waals surface area contributed by atoms with Crippen molar-refractivity contribution >= 4 is 17.4 Å². The molecule has 0 unspecified atom stereocenters. The normalized spacial score (nSPS) is 11.9. The molecule has 0 aliphatic carbocycles. The molecule has 0 amide bonds. The summed E-state index contributed by atoms with van der Waals surface area (Å²) >= 11 is 6.07. The van der Waals surface area contributed by atoms with Crippen LogP contribution in [0.1, 0.15) is 13.3 Å². The van der Waals surface area contributed by atoms with Crippen molar-refractivity contribution in [1.82, 2.24) is 9.97 Å². The van der Waals surface area contributed by atoms with Gasteiger partial charge in [0.05, 0.1) is 12.7 Å². The third-order valence-corrected chi connectivity index (χ3v) is 4.68. The largest absolute Gasteiger partial charge is 0.507 e. The number of anilines is 1. The number of methoxy groups -OCH3 is 1. The van der Waals surface area contributed by atoms with Gasteiger partial charge in [-0.05, 0) is 42.3 Å². The molecule has 0 bridgehead atoms. The van der Waals surface area contributed by atoms with Gasteiger partial charge in [0.15, 0.2) is 5.82 Å². The molecule has 1 heterocycles. The lowest BCUT2D eigenvalue weighted by molar-refractivity contribution is 0.415. The zero-order valence-corrected chi connectivity index (χ0v) is 16.6. The summed E-state index contributed by atoms with van der Waals surface area (Å²) in [4.78, 5) is 9.09. The Balaban J connectivity index is 2.04. The first kappa shape index (κ1) is 19.9. The van der Waals surface area contributed by atoms with Crippen molar-refractivity contribution in [1.29, 1.82) is 0 Å². The lowest BCUT2D eigenvalue weighted by Gasteiger charge is -2.16. The van der Waals surface area contributed by atoms with Crippen LogP contribution in [-0.4, -0.2) is 34.8 Å². The molecule has 0 saturated carbocycles. The summed E-state index contributed by atoms with van der Waals surface area (Å²) in [5.74, 6) is 1.86. The summed E-state index contributed by atoms with van der Waals surface area (Å²) in [6.45, 7) is 2.60. The minimum absolute atomic E-state index is 0.00158. The van der Waals surface area contributed by atoms with Crippen molar-refractivity contribution in [2.45, 2.75) is 19.4 Å². The number of halogens is 1. The second-order valence-electron chi connectivity index (χ2n) is 6.40. The van der Waals surface area contributed by atoms with E-state index in [1.54, 1.807) is 25.4 Å². The highest BCUT2D eigenvalue weighted by Crippen LogP contribution is 2.33. The fraction of sp³-hybridized carbons (Fsp3) is 0.238. The minimum Gasteiger partial charge on any atom is -0.507 e. The number of benzene rings is 2. The fourth-order valence-corrected chi connectivity index (χ4v) is 2.86. The van der Waals surface area contributed by atoms with Crippen LogP contribution in [0.15, 0.2) is 48.7 Å². The van der Waals surface area contributed by atoms with E-state index in [1.807, 2.05) is 31.2 Å². The second kappa shape index (κ2) is 8.91. The van der Waals surface area contributed by atoms with Gasteiger partial charge in [-0.1, -0.05) is 30.7 Å². The zero-order chi connectivity index (χ0) is 20.1. The Morgan fingerprint density at radius 1 is 1.18 bits per heavy atom. The predicted molar refractivity (Wildman–Crippen MR) is 113 cm³/mol. The van der Waals surface area contributed by atoms with Crippen LogP contribution in [0.4, 0.5) is 5.82 Å². The molecule has 28 heavy (non-hydrogen) atoms. The molecule has 3 aromatic rings. The van der Waals surface area contributed by atoms with Gasteiger partial charge < -0.3 is 20.9 Å². The Hall–Kier alpha value is -2.83. The molecular weight excluding hydrogens is 376 g/mol. The molecule has 7 heteroatoms. The van der Waals surface area contributed by atoms with E-state index in [9.17, 15) is 5.11 Å². The van der Waals surface area contributed by atoms with E-state index >= 15 is 0 Å². The van der Waals surface area contributed by atoms with E-state index in [0.717, 1.165) is 23.3 Å². The van der Waals surface area contributed by atoms with Crippen LogP contribution < -0.4 is 15.8 Å². The van der Waals surface area contributed by atoms with Crippen LogP contribution in [0.3, 0.4) is 0 Å². The van der Waals surface area contributed by atoms with Crippen molar-refractivity contribution in [3.05, 3.63) is 53.7 Å². The first-order valence-corrected chi connectivity index (χ1v) is 9.39. The average Bonchev–Trinajstić information content (AvgIpc) is 2.73. The molecular formula is C21H23ClN4O2. The number of phenolic OH excluding ortho intramolecular Hbond substituents is 1. The molecule has 0 aliphatic rings. The summed E-state index contributed by atoms with van der Waals surface area (Å²) in [5, 5.41) is 14.0. The molecule has 1 atom stereocenters. The first-order chi connectivity index (χ1) is 13.5. The third-order valence-electron chi connectivity index (χ3n) is 4.45. The molecule has 2 aromatic carbocycles. The molecule has 146 valence electrons. The third kappa shape index (κ3) is 4.52. The number of nitrogens with two attached hydrogens (primary N) is 1. The van der Waals surface area contributed by atoms with Gasteiger partial charge in [-0.15, -0.1) is 0 Å². The van der Waals surface area contributed by atoms with Gasteiger partial charge in [0.1, 0.15) is 17.3 Å². The maximum Gasteiger partial charge on any atom is 0.165 e. The standard InChI is InChI=1S/C21H23ClN4O2/c1-3-15(23)11-24-21-18(13-4-7-16(28-2)8-5-13)12-25-20(26-21)17-10-14(22)6-9-19(17)27/h4-10,12,15,27H,3,11,23H2,1-2H3,(H,24,25,26)/t15-/m1/s1. The Bertz CT molecular complexity index is 948. The number of hydrogen-bond acceptors (Lipinski definition) is 6. The molecule has 0 radical (unpaired) electrons. The Morgan fingerprint density at radius 3 is 2.61 bits per heavy atom. The van der Waals surface area contributed by atoms with Crippen LogP contribution >= 0.6 is 11.6 Å². The predicted octanol–water partition coefficient (Wildman–Crippen LogP) is 4.33. The summed E-state index contributed by atoms with van der Waals surface area (Å²) in [7, 11) is 1.63. The highest BCUT2D eigenvalue weighted by atomic mass is 35.5. The van der Waals surface area contributed by atoms with Crippen LogP contribution in [0.5, 0.6) is 11.5 Å². The minimum atomic E-state index is 0.00158. The van der Waals surface area contributed by atoms with Crippen LogP contribution in [0.2, 0.25) is 5.02 Å². The number of nitrogens with one attached hydrogen (secondary N) is 1. The van der Waals surface area contributed by atoms with Crippen molar-refractivity contribution < 1.29 is 9.84 Å². The number of aromatic hydroxyl groups is 1. The van der Waals surface area contributed by atoms with E-state index in [-0.39, 0.29) is 11.8 Å². The summed E-state index contributed by atoms with van der Waals surface area (Å²) in [6, 6.07) is 12.4. The van der Waals surface area contributed by atoms with E-state index < -0.39 is 0 Å². The topological polar surface area (TPSA) is 93.3 Å². The number of nitrogens with zero attached hydrogens (tertiary/aromatic N) is 2. The van der Waals surface area contributed by atoms with Gasteiger partial charge in [0.25, 0.3) is 0 Å². The Kier molecular flexibility index (Phi) is 6.34. The average molecular weight is 399 g/mol. The summed E-state index contributed by atoms with van der Waals surface area (Å²) in [6.07, 6.45) is 2.57. The van der Waals surface area contributed by atoms with Crippen molar-refractivity contribution in [3.8, 4) is 34.0 Å². The molecule has 3 rings (SSSR count). The fourth-order valence-electron chi connectivity index (χ4n) is 2.69. The van der Waals surface area contributed by atoms with Gasteiger partial charge in [-0.25, -0.2) is 9.97 Å². The number of hydrogen-bond donors (Lipinski definition) is 3. The zero-order valence-electron chi connectivity index (χ0n) is 15.8. The number of rotatable bonds is 7. The van der Waals surface area contributed by atoms with Gasteiger partial charge in [0.2, 0.25) is 0 Å². The molecule has 0 fully saturated rings. The highest BCUT2D eigenvalue weighted by molar-refractivity contribution is 6.30. The SMILES string of the molecule is CC[C@@H](N)CNc1nc(-c2cc(Cl)ccc2O)ncc1-c1ccc(OC)cc1. The van der Waals surface area contributed by atoms with Gasteiger partial charge in [-0.2, -0.15) is 0 Å². The van der Waals surface area contributed by atoms with Crippen LogP contribution in [0.25, 0.3) is 22.5 Å². The van der Waals surface area contributed by atoms with Crippen LogP contribution in [0, 0.1) is 0 Å². The van der Waals surface area contributed by atoms with Crippen molar-refractivity contribution in [2.75, 3.05) is 19.0 Å².